The lowest BCUT2D eigenvalue weighted by Crippen LogP contribution is -2.01. The standard InChI is InChI=1S/C9H7BrN2OS2/c10-5-1-2-14-9(5)8(13)6-4-15-7(3-11)12-6/h1-2,4H,3,11H2. The van der Waals surface area contributed by atoms with Gasteiger partial charge in [0.2, 0.25) is 5.78 Å². The van der Waals surface area contributed by atoms with Crippen molar-refractivity contribution in [2.45, 2.75) is 6.54 Å². The molecule has 0 unspecified atom stereocenters. The second-order valence-corrected chi connectivity index (χ2v) is 5.47. The van der Waals surface area contributed by atoms with Gasteiger partial charge in [0.25, 0.3) is 0 Å². The molecule has 0 aliphatic carbocycles. The second-order valence-electron chi connectivity index (χ2n) is 2.76. The number of nitrogens with zero attached hydrogens (tertiary/aromatic N) is 1. The summed E-state index contributed by atoms with van der Waals surface area (Å²) in [5, 5.41) is 4.40. The number of hydrogen-bond acceptors (Lipinski definition) is 5. The molecule has 2 rings (SSSR count). The Morgan fingerprint density at radius 3 is 2.87 bits per heavy atom. The molecule has 2 N–H and O–H groups in total. The zero-order valence-corrected chi connectivity index (χ0v) is 10.8. The molecule has 3 nitrogen and oxygen atoms in total. The number of thiophene rings is 1. The van der Waals surface area contributed by atoms with Crippen LogP contribution in [0, 0.1) is 0 Å². The topological polar surface area (TPSA) is 56.0 Å². The van der Waals surface area contributed by atoms with Crippen molar-refractivity contribution in [1.82, 2.24) is 4.98 Å². The van der Waals surface area contributed by atoms with Crippen molar-refractivity contribution in [3.8, 4) is 0 Å². The third-order valence-electron chi connectivity index (χ3n) is 1.78. The van der Waals surface area contributed by atoms with E-state index in [-0.39, 0.29) is 5.78 Å². The minimum Gasteiger partial charge on any atom is -0.325 e. The summed E-state index contributed by atoms with van der Waals surface area (Å²) >= 11 is 6.15. The quantitative estimate of drug-likeness (QED) is 0.887. The summed E-state index contributed by atoms with van der Waals surface area (Å²) < 4.78 is 0.819. The van der Waals surface area contributed by atoms with E-state index in [0.717, 1.165) is 9.48 Å². The molecule has 0 aromatic carbocycles. The Kier molecular flexibility index (Phi) is 3.30. The van der Waals surface area contributed by atoms with Gasteiger partial charge in [-0.1, -0.05) is 0 Å². The van der Waals surface area contributed by atoms with E-state index in [1.54, 1.807) is 5.38 Å². The number of thiazole rings is 1. The minimum atomic E-state index is -0.0483. The van der Waals surface area contributed by atoms with Crippen LogP contribution in [0.4, 0.5) is 0 Å². The molecule has 6 heteroatoms. The lowest BCUT2D eigenvalue weighted by molar-refractivity contribution is 0.103. The summed E-state index contributed by atoms with van der Waals surface area (Å²) in [6.07, 6.45) is 0. The molecule has 0 bridgehead atoms. The summed E-state index contributed by atoms with van der Waals surface area (Å²) in [5.41, 5.74) is 5.92. The number of hydrogen-bond donors (Lipinski definition) is 1. The zero-order valence-electron chi connectivity index (χ0n) is 7.57. The van der Waals surface area contributed by atoms with Gasteiger partial charge < -0.3 is 5.73 Å². The van der Waals surface area contributed by atoms with E-state index in [1.807, 2.05) is 11.4 Å². The van der Waals surface area contributed by atoms with Crippen molar-refractivity contribution >= 4 is 44.4 Å². The van der Waals surface area contributed by atoms with E-state index in [2.05, 4.69) is 20.9 Å². The average Bonchev–Trinajstić information content (AvgIpc) is 2.84. The molecule has 0 fully saturated rings. The number of ketones is 1. The molecule has 0 radical (unpaired) electrons. The molecular weight excluding hydrogens is 296 g/mol. The summed E-state index contributed by atoms with van der Waals surface area (Å²) in [6, 6.07) is 1.86. The molecule has 0 saturated carbocycles. The van der Waals surface area contributed by atoms with Gasteiger partial charge in [0.1, 0.15) is 10.7 Å². The molecule has 15 heavy (non-hydrogen) atoms. The van der Waals surface area contributed by atoms with E-state index in [4.69, 9.17) is 5.73 Å². The van der Waals surface area contributed by atoms with Crippen LogP contribution < -0.4 is 5.73 Å². The van der Waals surface area contributed by atoms with Gasteiger partial charge >= 0.3 is 0 Å². The highest BCUT2D eigenvalue weighted by Gasteiger charge is 2.16. The molecule has 0 atom stereocenters. The highest BCUT2D eigenvalue weighted by Crippen LogP contribution is 2.25. The molecule has 0 aliphatic rings. The summed E-state index contributed by atoms with van der Waals surface area (Å²) in [7, 11) is 0. The fourth-order valence-corrected chi connectivity index (χ4v) is 3.24. The van der Waals surface area contributed by atoms with Crippen molar-refractivity contribution in [2.75, 3.05) is 0 Å². The Morgan fingerprint density at radius 1 is 1.53 bits per heavy atom. The Labute approximate surface area is 103 Å². The molecule has 0 saturated heterocycles. The molecule has 0 amide bonds. The van der Waals surface area contributed by atoms with Crippen LogP contribution in [-0.4, -0.2) is 10.8 Å². The van der Waals surface area contributed by atoms with E-state index in [0.29, 0.717) is 17.1 Å². The highest BCUT2D eigenvalue weighted by atomic mass is 79.9. The molecule has 78 valence electrons. The Morgan fingerprint density at radius 2 is 2.33 bits per heavy atom. The largest absolute Gasteiger partial charge is 0.325 e. The maximum atomic E-state index is 11.9. The van der Waals surface area contributed by atoms with Gasteiger partial charge in [0, 0.05) is 16.4 Å². The lowest BCUT2D eigenvalue weighted by Gasteiger charge is -1.93. The van der Waals surface area contributed by atoms with Gasteiger partial charge in [0.15, 0.2) is 0 Å². The molecule has 0 spiro atoms. The predicted octanol–water partition coefficient (Wildman–Crippen LogP) is 2.66. The monoisotopic (exact) mass is 302 g/mol. The first kappa shape index (κ1) is 10.9. The average molecular weight is 303 g/mol. The predicted molar refractivity (Wildman–Crippen MR) is 65.5 cm³/mol. The number of rotatable bonds is 3. The zero-order chi connectivity index (χ0) is 10.8. The number of aromatic nitrogens is 1. The van der Waals surface area contributed by atoms with Crippen LogP contribution in [0.3, 0.4) is 0 Å². The Hall–Kier alpha value is -0.560. The van der Waals surface area contributed by atoms with Gasteiger partial charge in [-0.25, -0.2) is 4.98 Å². The van der Waals surface area contributed by atoms with Crippen LogP contribution in [0.25, 0.3) is 0 Å². The maximum Gasteiger partial charge on any atom is 0.223 e. The van der Waals surface area contributed by atoms with Crippen molar-refractivity contribution in [2.24, 2.45) is 5.73 Å². The van der Waals surface area contributed by atoms with Crippen LogP contribution in [0.15, 0.2) is 21.3 Å². The van der Waals surface area contributed by atoms with Gasteiger partial charge in [-0.05, 0) is 27.4 Å². The van der Waals surface area contributed by atoms with Crippen LogP contribution >= 0.6 is 38.6 Å². The molecule has 2 heterocycles. The van der Waals surface area contributed by atoms with Gasteiger partial charge in [-0.15, -0.1) is 22.7 Å². The molecule has 0 aliphatic heterocycles. The van der Waals surface area contributed by atoms with Crippen molar-refractivity contribution in [3.05, 3.63) is 36.9 Å². The van der Waals surface area contributed by atoms with Gasteiger partial charge in [0.05, 0.1) is 4.88 Å². The fourth-order valence-electron chi connectivity index (χ4n) is 1.08. The third-order valence-corrected chi connectivity index (χ3v) is 4.49. The minimum absolute atomic E-state index is 0.0483. The van der Waals surface area contributed by atoms with Crippen molar-refractivity contribution < 1.29 is 4.79 Å². The highest BCUT2D eigenvalue weighted by molar-refractivity contribution is 9.10. The SMILES string of the molecule is NCc1nc(C(=O)c2sccc2Br)cs1. The second kappa shape index (κ2) is 4.52. The van der Waals surface area contributed by atoms with E-state index in [1.165, 1.54) is 22.7 Å². The first-order chi connectivity index (χ1) is 7.22. The number of carbonyl (C=O) groups excluding carboxylic acids is 1. The molecular formula is C9H7BrN2OS2. The molecule has 2 aromatic rings. The van der Waals surface area contributed by atoms with Crippen LogP contribution in [-0.2, 0) is 6.54 Å². The van der Waals surface area contributed by atoms with Crippen molar-refractivity contribution in [1.29, 1.82) is 0 Å². The smallest absolute Gasteiger partial charge is 0.223 e. The Balaban J connectivity index is 2.32. The van der Waals surface area contributed by atoms with E-state index in [9.17, 15) is 4.79 Å². The number of carbonyl (C=O) groups is 1. The van der Waals surface area contributed by atoms with Crippen LogP contribution in [0.5, 0.6) is 0 Å². The van der Waals surface area contributed by atoms with E-state index >= 15 is 0 Å². The summed E-state index contributed by atoms with van der Waals surface area (Å²) in [4.78, 5) is 16.8. The lowest BCUT2D eigenvalue weighted by atomic mass is 10.2. The first-order valence-corrected chi connectivity index (χ1v) is 6.69. The first-order valence-electron chi connectivity index (χ1n) is 4.14. The fraction of sp³-hybridized carbons (Fsp3) is 0.111. The van der Waals surface area contributed by atoms with Crippen LogP contribution in [0.2, 0.25) is 0 Å². The van der Waals surface area contributed by atoms with Crippen LogP contribution in [0.1, 0.15) is 20.4 Å². The third kappa shape index (κ3) is 2.17. The Bertz CT molecular complexity index is 492. The number of nitrogens with two attached hydrogens (primary N) is 1. The summed E-state index contributed by atoms with van der Waals surface area (Å²) in [6.45, 7) is 0.379. The van der Waals surface area contributed by atoms with E-state index < -0.39 is 0 Å². The van der Waals surface area contributed by atoms with Gasteiger partial charge in [-0.3, -0.25) is 4.79 Å². The molecule has 2 aromatic heterocycles. The number of halogens is 1. The normalized spacial score (nSPS) is 10.5. The summed E-state index contributed by atoms with van der Waals surface area (Å²) in [5.74, 6) is -0.0483. The van der Waals surface area contributed by atoms with Crippen molar-refractivity contribution in [3.63, 3.8) is 0 Å². The maximum absolute atomic E-state index is 11.9. The van der Waals surface area contributed by atoms with Gasteiger partial charge in [-0.2, -0.15) is 0 Å².